The van der Waals surface area contributed by atoms with Crippen LogP contribution in [0, 0.1) is 0 Å². The Kier molecular flexibility index (Phi) is 14.7. The molecule has 11 aromatic heterocycles. The van der Waals surface area contributed by atoms with Crippen molar-refractivity contribution in [2.24, 2.45) is 0 Å². The molecule has 0 unspecified atom stereocenters. The summed E-state index contributed by atoms with van der Waals surface area (Å²) in [7, 11) is 0. The molecular weight excluding hydrogens is 757 g/mol. The molecule has 0 aliphatic heterocycles. The molecule has 11 rings (SSSR count). The molecule has 11 aromatic rings. The minimum atomic E-state index is 0.519. The highest BCUT2D eigenvalue weighted by atomic mass is 32.1. The van der Waals surface area contributed by atoms with Gasteiger partial charge in [0.2, 0.25) is 0 Å². The fourth-order valence-electron chi connectivity index (χ4n) is 4.13. The normalized spacial score (nSPS) is 9.82. The van der Waals surface area contributed by atoms with Crippen molar-refractivity contribution >= 4 is 34.0 Å². The van der Waals surface area contributed by atoms with Crippen LogP contribution in [-0.4, -0.2) is 49.8 Å². The van der Waals surface area contributed by atoms with Crippen LogP contribution in [0.5, 0.6) is 0 Å². The summed E-state index contributed by atoms with van der Waals surface area (Å²) in [5.41, 5.74) is 1.02. The van der Waals surface area contributed by atoms with Crippen molar-refractivity contribution in [2.45, 2.75) is 0 Å². The third-order valence-electron chi connectivity index (χ3n) is 6.48. The van der Waals surface area contributed by atoms with Gasteiger partial charge in [0, 0.05) is 66.5 Å². The van der Waals surface area contributed by atoms with Gasteiger partial charge in [-0.3, -0.25) is 0 Å². The second-order valence-corrected chi connectivity index (χ2v) is 12.9. The summed E-state index contributed by atoms with van der Waals surface area (Å²) < 4.78 is 20.2. The molecule has 0 aromatic carbocycles. The van der Waals surface area contributed by atoms with Gasteiger partial charge in [0.15, 0.2) is 27.4 Å². The van der Waals surface area contributed by atoms with Crippen molar-refractivity contribution in [3.05, 3.63) is 170 Å². The summed E-state index contributed by atoms with van der Waals surface area (Å²) in [6, 6.07) is 19.3. The Morgan fingerprint density at radius 3 is 1.58 bits per heavy atom. The summed E-state index contributed by atoms with van der Waals surface area (Å²) in [6.45, 7) is 0. The Bertz CT molecular complexity index is 1840. The molecular formula is C38H32N10O4S3. The topological polar surface area (TPSA) is 193 Å². The first kappa shape index (κ1) is 37.7. The standard InChI is InChI=1S/C8H6OS.C7H7N3.C7H5NO2.C6H5N3S.C6H4N2OS.C4H5N/c1-3-7(9-5-1)8-4-2-6-10-8;1-2-6(8-3-1)7-9-4-5-10-7;1-2-6(9-4-1)7-8-3-5-10-7;1-2-8-5(7-1)6-9-3-4-10-6;1-3-9-5(7-1)6-8-2-4-10-6;1-2-4-5-3-1/h1-6H;1-5,8H,(H,9,10);1-5H;1-4H,(H,7,8);1-4H;1-5H. The Morgan fingerprint density at radius 1 is 0.418 bits per heavy atom. The molecule has 0 fully saturated rings. The first-order valence-corrected chi connectivity index (χ1v) is 18.9. The fourth-order valence-corrected chi connectivity index (χ4v) is 5.99. The van der Waals surface area contributed by atoms with Gasteiger partial charge in [-0.25, -0.2) is 29.9 Å². The average molecular weight is 789 g/mol. The average Bonchev–Trinajstić information content (AvgIpc) is 4.11. The second kappa shape index (κ2) is 21.4. The molecule has 0 atom stereocenters. The number of thiazole rings is 2. The van der Waals surface area contributed by atoms with Gasteiger partial charge < -0.3 is 37.6 Å². The van der Waals surface area contributed by atoms with E-state index in [0.717, 1.165) is 33.1 Å². The Balaban J connectivity index is 0.000000113. The van der Waals surface area contributed by atoms with Crippen molar-refractivity contribution in [3.8, 4) is 55.5 Å². The van der Waals surface area contributed by atoms with Gasteiger partial charge in [-0.1, -0.05) is 6.07 Å². The van der Waals surface area contributed by atoms with E-state index in [1.54, 1.807) is 96.9 Å². The molecule has 276 valence electrons. The largest absolute Gasteiger partial charge is 0.464 e. The first-order chi connectivity index (χ1) is 27.3. The van der Waals surface area contributed by atoms with Crippen molar-refractivity contribution in [3.63, 3.8) is 0 Å². The number of hydrogen-bond acceptors (Lipinski definition) is 13. The molecule has 17 heteroatoms. The minimum absolute atomic E-state index is 0.519. The zero-order valence-electron chi connectivity index (χ0n) is 28.7. The number of furan rings is 2. The predicted molar refractivity (Wildman–Crippen MR) is 213 cm³/mol. The van der Waals surface area contributed by atoms with Crippen LogP contribution >= 0.6 is 34.0 Å². The maximum atomic E-state index is 5.19. The fraction of sp³-hybridized carbons (Fsp3) is 0. The molecule has 0 bridgehead atoms. The molecule has 0 aliphatic carbocycles. The number of hydrogen-bond donors (Lipinski definition) is 4. The third-order valence-corrected chi connectivity index (χ3v) is 8.90. The summed E-state index contributed by atoms with van der Waals surface area (Å²) in [5, 5.41) is 7.62. The summed E-state index contributed by atoms with van der Waals surface area (Å²) in [6.07, 6.45) is 25.7. The molecule has 0 amide bonds. The molecule has 0 aliphatic rings. The SMILES string of the molecule is c1c[nH]c(-c2ncc[nH]2)c1.c1c[nH]c(-c2nccs2)n1.c1cc[nH]c1.c1coc(-c2cccs2)c1.c1coc(-c2ncco2)c1.c1coc(-c2nccs2)n1. The zero-order valence-corrected chi connectivity index (χ0v) is 31.2. The van der Waals surface area contributed by atoms with E-state index in [1.165, 1.54) is 28.7 Å². The number of aromatic nitrogens is 10. The van der Waals surface area contributed by atoms with E-state index in [0.29, 0.717) is 17.5 Å². The predicted octanol–water partition coefficient (Wildman–Crippen LogP) is 10.7. The number of thiophene rings is 1. The number of nitrogens with one attached hydrogen (secondary N) is 4. The number of rotatable bonds is 5. The van der Waals surface area contributed by atoms with Gasteiger partial charge in [-0.05, 0) is 60.0 Å². The Hall–Kier alpha value is -7.08. The third kappa shape index (κ3) is 12.2. The second-order valence-electron chi connectivity index (χ2n) is 10.1. The van der Waals surface area contributed by atoms with E-state index in [1.807, 2.05) is 83.3 Å². The molecule has 55 heavy (non-hydrogen) atoms. The Morgan fingerprint density at radius 2 is 1.09 bits per heavy atom. The van der Waals surface area contributed by atoms with E-state index >= 15 is 0 Å². The van der Waals surface area contributed by atoms with Gasteiger partial charge in [-0.2, -0.15) is 0 Å². The van der Waals surface area contributed by atoms with Crippen molar-refractivity contribution < 1.29 is 17.7 Å². The highest BCUT2D eigenvalue weighted by molar-refractivity contribution is 7.13. The van der Waals surface area contributed by atoms with E-state index in [4.69, 9.17) is 17.7 Å². The van der Waals surface area contributed by atoms with Crippen LogP contribution in [0.15, 0.2) is 188 Å². The van der Waals surface area contributed by atoms with Gasteiger partial charge in [0.25, 0.3) is 11.8 Å². The van der Waals surface area contributed by atoms with E-state index in [9.17, 15) is 0 Å². The number of nitrogens with zero attached hydrogens (tertiary/aromatic N) is 6. The van der Waals surface area contributed by atoms with Gasteiger partial charge in [-0.15, -0.1) is 34.0 Å². The quantitative estimate of drug-likeness (QED) is 0.130. The molecule has 0 radical (unpaired) electrons. The lowest BCUT2D eigenvalue weighted by molar-refractivity contribution is 0.517. The monoisotopic (exact) mass is 788 g/mol. The highest BCUT2D eigenvalue weighted by Crippen LogP contribution is 2.24. The lowest BCUT2D eigenvalue weighted by Gasteiger charge is -1.86. The van der Waals surface area contributed by atoms with Crippen molar-refractivity contribution in [1.82, 2.24) is 49.8 Å². The van der Waals surface area contributed by atoms with E-state index in [-0.39, 0.29) is 0 Å². The van der Waals surface area contributed by atoms with Crippen LogP contribution < -0.4 is 0 Å². The van der Waals surface area contributed by atoms with E-state index in [2.05, 4.69) is 49.8 Å². The van der Waals surface area contributed by atoms with E-state index < -0.39 is 0 Å². The summed E-state index contributed by atoms with van der Waals surface area (Å²) in [5.74, 6) is 4.44. The first-order valence-electron chi connectivity index (χ1n) is 16.2. The lowest BCUT2D eigenvalue weighted by atomic mass is 10.4. The van der Waals surface area contributed by atoms with Crippen molar-refractivity contribution in [1.29, 1.82) is 0 Å². The summed E-state index contributed by atoms with van der Waals surface area (Å²) >= 11 is 4.78. The maximum absolute atomic E-state index is 5.19. The zero-order chi connectivity index (χ0) is 37.6. The molecule has 4 N–H and O–H groups in total. The van der Waals surface area contributed by atoms with Crippen LogP contribution in [0.2, 0.25) is 0 Å². The van der Waals surface area contributed by atoms with Crippen LogP contribution in [0.3, 0.4) is 0 Å². The Labute approximate surface area is 325 Å². The number of imidazole rings is 2. The highest BCUT2D eigenvalue weighted by Gasteiger charge is 2.04. The molecule has 14 nitrogen and oxygen atoms in total. The maximum Gasteiger partial charge on any atom is 0.262 e. The molecule has 0 saturated heterocycles. The van der Waals surface area contributed by atoms with Crippen LogP contribution in [0.25, 0.3) is 55.5 Å². The number of H-pyrrole nitrogens is 4. The lowest BCUT2D eigenvalue weighted by Crippen LogP contribution is -1.77. The number of aromatic amines is 4. The molecule has 0 spiro atoms. The van der Waals surface area contributed by atoms with Gasteiger partial charge >= 0.3 is 0 Å². The van der Waals surface area contributed by atoms with Gasteiger partial charge in [0.05, 0.1) is 35.5 Å². The van der Waals surface area contributed by atoms with Gasteiger partial charge in [0.1, 0.15) is 18.3 Å². The van der Waals surface area contributed by atoms with Crippen LogP contribution in [0.1, 0.15) is 0 Å². The molecule has 0 saturated carbocycles. The smallest absolute Gasteiger partial charge is 0.262 e. The number of oxazole rings is 2. The molecule has 11 heterocycles. The minimum Gasteiger partial charge on any atom is -0.464 e. The van der Waals surface area contributed by atoms with Crippen molar-refractivity contribution in [2.75, 3.05) is 0 Å². The van der Waals surface area contributed by atoms with Crippen LogP contribution in [-0.2, 0) is 0 Å². The summed E-state index contributed by atoms with van der Waals surface area (Å²) in [4.78, 5) is 37.1. The van der Waals surface area contributed by atoms with Crippen LogP contribution in [0.4, 0.5) is 0 Å².